The Labute approximate surface area is 129 Å². The monoisotopic (exact) mass is 293 g/mol. The van der Waals surface area contributed by atoms with E-state index in [2.05, 4.69) is 42.0 Å². The van der Waals surface area contributed by atoms with E-state index in [1.54, 1.807) is 0 Å². The molecule has 1 fully saturated rings. The highest BCUT2D eigenvalue weighted by molar-refractivity contribution is 5.12. The first-order valence-corrected chi connectivity index (χ1v) is 8.36. The van der Waals surface area contributed by atoms with Gasteiger partial charge in [-0.2, -0.15) is 5.10 Å². The molecule has 5 heteroatoms. The molecular weight excluding hydrogens is 262 g/mol. The van der Waals surface area contributed by atoms with Crippen molar-refractivity contribution in [2.45, 2.75) is 51.7 Å². The van der Waals surface area contributed by atoms with Gasteiger partial charge in [-0.15, -0.1) is 0 Å². The van der Waals surface area contributed by atoms with Crippen LogP contribution in [-0.4, -0.2) is 58.8 Å². The van der Waals surface area contributed by atoms with Crippen LogP contribution >= 0.6 is 0 Å². The van der Waals surface area contributed by atoms with Gasteiger partial charge in [0.15, 0.2) is 0 Å². The third kappa shape index (κ3) is 4.05. The van der Waals surface area contributed by atoms with Gasteiger partial charge < -0.3 is 10.6 Å². The lowest BCUT2D eigenvalue weighted by Gasteiger charge is -2.36. The maximum Gasteiger partial charge on any atom is 0.0538 e. The van der Waals surface area contributed by atoms with E-state index in [0.29, 0.717) is 18.6 Å². The van der Waals surface area contributed by atoms with Crippen LogP contribution < -0.4 is 5.73 Å². The fourth-order valence-electron chi connectivity index (χ4n) is 3.40. The molecule has 0 spiro atoms. The Bertz CT molecular complexity index is 417. The first-order valence-electron chi connectivity index (χ1n) is 8.36. The highest BCUT2D eigenvalue weighted by Gasteiger charge is 2.29. The van der Waals surface area contributed by atoms with Gasteiger partial charge in [0.2, 0.25) is 0 Å². The van der Waals surface area contributed by atoms with Crippen LogP contribution in [0.25, 0.3) is 0 Å². The van der Waals surface area contributed by atoms with Gasteiger partial charge in [-0.25, -0.2) is 0 Å². The van der Waals surface area contributed by atoms with Crippen LogP contribution in [0, 0.1) is 0 Å². The molecule has 0 aliphatic carbocycles. The second-order valence-electron chi connectivity index (χ2n) is 6.20. The van der Waals surface area contributed by atoms with E-state index in [9.17, 15) is 0 Å². The number of rotatable bonds is 6. The normalized spacial score (nSPS) is 23.1. The molecule has 120 valence electrons. The summed E-state index contributed by atoms with van der Waals surface area (Å²) in [4.78, 5) is 5.05. The topological polar surface area (TPSA) is 50.3 Å². The van der Waals surface area contributed by atoms with Crippen LogP contribution in [0.2, 0.25) is 0 Å². The van der Waals surface area contributed by atoms with Crippen molar-refractivity contribution in [3.05, 3.63) is 18.0 Å². The van der Waals surface area contributed by atoms with E-state index in [0.717, 1.165) is 26.1 Å². The summed E-state index contributed by atoms with van der Waals surface area (Å²) in [6.45, 7) is 9.55. The number of hydrogen-bond acceptors (Lipinski definition) is 4. The maximum atomic E-state index is 6.13. The standard InChI is InChI=1S/C16H31N5/c1-4-7-20-12-14(11-18-20)16(10-17)21-9-6-8-19(3)13-15(21)5-2/h11-12,15-16H,4-10,13,17H2,1-3H3. The van der Waals surface area contributed by atoms with Crippen molar-refractivity contribution in [2.75, 3.05) is 33.2 Å². The Kier molecular flexibility index (Phi) is 6.21. The molecule has 2 N–H and O–H groups in total. The van der Waals surface area contributed by atoms with E-state index in [1.165, 1.54) is 24.9 Å². The van der Waals surface area contributed by atoms with Crippen LogP contribution in [0.1, 0.15) is 44.7 Å². The first kappa shape index (κ1) is 16.5. The molecule has 0 saturated carbocycles. The number of hydrogen-bond donors (Lipinski definition) is 1. The zero-order chi connectivity index (χ0) is 15.2. The fraction of sp³-hybridized carbons (Fsp3) is 0.812. The van der Waals surface area contributed by atoms with Crippen LogP contribution in [0.3, 0.4) is 0 Å². The molecule has 2 atom stereocenters. The summed E-state index contributed by atoms with van der Waals surface area (Å²) >= 11 is 0. The lowest BCUT2D eigenvalue weighted by molar-refractivity contribution is 0.131. The lowest BCUT2D eigenvalue weighted by atomic mass is 10.0. The minimum Gasteiger partial charge on any atom is -0.329 e. The molecule has 1 saturated heterocycles. The molecule has 2 heterocycles. The molecule has 1 aromatic rings. The zero-order valence-corrected chi connectivity index (χ0v) is 13.8. The predicted molar refractivity (Wildman–Crippen MR) is 87.2 cm³/mol. The third-order valence-corrected chi connectivity index (χ3v) is 4.53. The van der Waals surface area contributed by atoms with Crippen molar-refractivity contribution >= 4 is 0 Å². The van der Waals surface area contributed by atoms with Gasteiger partial charge in [0, 0.05) is 44.0 Å². The summed E-state index contributed by atoms with van der Waals surface area (Å²) in [5.74, 6) is 0. The van der Waals surface area contributed by atoms with Crippen LogP contribution in [0.15, 0.2) is 12.4 Å². The van der Waals surface area contributed by atoms with E-state index < -0.39 is 0 Å². The number of likely N-dealkylation sites (N-methyl/N-ethyl adjacent to an activating group) is 1. The first-order chi connectivity index (χ1) is 10.2. The molecule has 1 aliphatic rings. The van der Waals surface area contributed by atoms with Gasteiger partial charge in [-0.05, 0) is 32.9 Å². The molecule has 0 aromatic carbocycles. The van der Waals surface area contributed by atoms with Gasteiger partial charge in [0.05, 0.1) is 12.2 Å². The highest BCUT2D eigenvalue weighted by Crippen LogP contribution is 2.25. The molecular formula is C16H31N5. The molecule has 0 radical (unpaired) electrons. The molecule has 0 bridgehead atoms. The van der Waals surface area contributed by atoms with E-state index in [1.807, 2.05) is 10.9 Å². The fourth-order valence-corrected chi connectivity index (χ4v) is 3.40. The molecule has 1 aromatic heterocycles. The van der Waals surface area contributed by atoms with E-state index in [-0.39, 0.29) is 0 Å². The Morgan fingerprint density at radius 1 is 1.38 bits per heavy atom. The molecule has 1 aliphatic heterocycles. The van der Waals surface area contributed by atoms with Crippen molar-refractivity contribution < 1.29 is 0 Å². The molecule has 2 rings (SSSR count). The summed E-state index contributed by atoms with van der Waals surface area (Å²) in [6.07, 6.45) is 7.69. The summed E-state index contributed by atoms with van der Waals surface area (Å²) in [5.41, 5.74) is 7.40. The lowest BCUT2D eigenvalue weighted by Crippen LogP contribution is -2.44. The van der Waals surface area contributed by atoms with Crippen molar-refractivity contribution in [3.8, 4) is 0 Å². The van der Waals surface area contributed by atoms with Gasteiger partial charge in [-0.1, -0.05) is 13.8 Å². The Morgan fingerprint density at radius 3 is 2.86 bits per heavy atom. The maximum absolute atomic E-state index is 6.13. The second kappa shape index (κ2) is 7.92. The minimum absolute atomic E-state index is 0.298. The number of nitrogens with two attached hydrogens (primary N) is 1. The minimum atomic E-state index is 0.298. The average Bonchev–Trinajstić information content (AvgIpc) is 2.84. The van der Waals surface area contributed by atoms with Gasteiger partial charge >= 0.3 is 0 Å². The van der Waals surface area contributed by atoms with Crippen molar-refractivity contribution in [2.24, 2.45) is 5.73 Å². The summed E-state index contributed by atoms with van der Waals surface area (Å²) in [5, 5.41) is 4.48. The van der Waals surface area contributed by atoms with Crippen molar-refractivity contribution in [1.82, 2.24) is 19.6 Å². The van der Waals surface area contributed by atoms with Crippen LogP contribution in [0.5, 0.6) is 0 Å². The van der Waals surface area contributed by atoms with Crippen LogP contribution in [-0.2, 0) is 6.54 Å². The molecule has 5 nitrogen and oxygen atoms in total. The largest absolute Gasteiger partial charge is 0.329 e. The summed E-state index contributed by atoms with van der Waals surface area (Å²) in [7, 11) is 2.23. The smallest absolute Gasteiger partial charge is 0.0538 e. The summed E-state index contributed by atoms with van der Waals surface area (Å²) < 4.78 is 2.04. The number of nitrogens with zero attached hydrogens (tertiary/aromatic N) is 4. The van der Waals surface area contributed by atoms with Gasteiger partial charge in [0.25, 0.3) is 0 Å². The predicted octanol–water partition coefficient (Wildman–Crippen LogP) is 1.71. The molecule has 0 amide bonds. The van der Waals surface area contributed by atoms with Crippen molar-refractivity contribution in [1.29, 1.82) is 0 Å². The van der Waals surface area contributed by atoms with Gasteiger partial charge in [0.1, 0.15) is 0 Å². The number of aryl methyl sites for hydroxylation is 1. The molecule has 2 unspecified atom stereocenters. The number of aromatic nitrogens is 2. The second-order valence-corrected chi connectivity index (χ2v) is 6.20. The van der Waals surface area contributed by atoms with E-state index in [4.69, 9.17) is 5.73 Å². The summed E-state index contributed by atoms with van der Waals surface area (Å²) in [6, 6.07) is 0.882. The molecule has 21 heavy (non-hydrogen) atoms. The third-order valence-electron chi connectivity index (χ3n) is 4.53. The van der Waals surface area contributed by atoms with Gasteiger partial charge in [-0.3, -0.25) is 9.58 Å². The SMILES string of the molecule is CCCn1cc(C(CN)N2CCCN(C)CC2CC)cn1. The highest BCUT2D eigenvalue weighted by atomic mass is 15.3. The Balaban J connectivity index is 2.16. The Morgan fingerprint density at radius 2 is 2.19 bits per heavy atom. The quantitative estimate of drug-likeness (QED) is 0.867. The van der Waals surface area contributed by atoms with Crippen LogP contribution in [0.4, 0.5) is 0 Å². The van der Waals surface area contributed by atoms with Crippen molar-refractivity contribution in [3.63, 3.8) is 0 Å². The zero-order valence-electron chi connectivity index (χ0n) is 13.8. The van der Waals surface area contributed by atoms with E-state index >= 15 is 0 Å². The Hall–Kier alpha value is -0.910. The average molecular weight is 293 g/mol.